The van der Waals surface area contributed by atoms with Gasteiger partial charge < -0.3 is 11.1 Å². The molecule has 1 aromatic rings. The minimum atomic E-state index is -0.322. The lowest BCUT2D eigenvalue weighted by atomic mass is 10.0. The van der Waals surface area contributed by atoms with E-state index in [-0.39, 0.29) is 17.2 Å². The first-order valence-electron chi connectivity index (χ1n) is 4.51. The van der Waals surface area contributed by atoms with Gasteiger partial charge in [-0.2, -0.15) is 0 Å². The largest absolute Gasteiger partial charge is 0.369 e. The second-order valence-electron chi connectivity index (χ2n) is 3.39. The number of primary amides is 1. The Morgan fingerprint density at radius 2 is 2.47 bits per heavy atom. The molecule has 6 heteroatoms. The first kappa shape index (κ1) is 8.72. The molecule has 3 heterocycles. The van der Waals surface area contributed by atoms with Crippen LogP contribution < -0.4 is 11.1 Å². The van der Waals surface area contributed by atoms with Crippen LogP contribution in [0.15, 0.2) is 22.3 Å². The quantitative estimate of drug-likeness (QED) is 0.715. The van der Waals surface area contributed by atoms with Gasteiger partial charge in [0.1, 0.15) is 10.3 Å². The van der Waals surface area contributed by atoms with Gasteiger partial charge in [0.25, 0.3) is 0 Å². The van der Waals surface area contributed by atoms with Crippen molar-refractivity contribution >= 4 is 29.7 Å². The number of hydrogen-bond donors (Lipinski definition) is 2. The summed E-state index contributed by atoms with van der Waals surface area (Å²) in [6.45, 7) is 0. The zero-order valence-corrected chi connectivity index (χ0v) is 8.49. The highest BCUT2D eigenvalue weighted by Crippen LogP contribution is 2.47. The molecule has 0 bridgehead atoms. The first-order chi connectivity index (χ1) is 7.27. The number of nitrogens with two attached hydrogens (primary N) is 1. The molecule has 0 spiro atoms. The number of nitrogens with one attached hydrogen (secondary N) is 1. The van der Waals surface area contributed by atoms with Gasteiger partial charge in [0.2, 0.25) is 5.91 Å². The van der Waals surface area contributed by atoms with Gasteiger partial charge in [-0.3, -0.25) is 4.79 Å². The van der Waals surface area contributed by atoms with E-state index in [0.717, 1.165) is 16.3 Å². The van der Waals surface area contributed by atoms with Gasteiger partial charge in [-0.05, 0) is 6.07 Å². The predicted molar refractivity (Wildman–Crippen MR) is 57.1 cm³/mol. The standard InChI is InChI=1S/C9H8N4OS/c10-8(14)7-6-5-4(12-3-13-6)1-2-11-9(5)15-7/h1-3,6-7H,(H2,10,14)(H,12,13). The van der Waals surface area contributed by atoms with E-state index < -0.39 is 0 Å². The Bertz CT molecular complexity index is 473. The predicted octanol–water partition coefficient (Wildman–Crippen LogP) is 0.345. The Morgan fingerprint density at radius 3 is 3.27 bits per heavy atom. The van der Waals surface area contributed by atoms with E-state index >= 15 is 0 Å². The molecule has 5 nitrogen and oxygen atoms in total. The Morgan fingerprint density at radius 1 is 1.60 bits per heavy atom. The molecular formula is C9H8N4OS. The van der Waals surface area contributed by atoms with Gasteiger partial charge in [0.15, 0.2) is 0 Å². The van der Waals surface area contributed by atoms with E-state index in [2.05, 4.69) is 15.3 Å². The summed E-state index contributed by atoms with van der Waals surface area (Å²) in [5.74, 6) is -0.322. The summed E-state index contributed by atoms with van der Waals surface area (Å²) < 4.78 is 0. The number of carbonyl (C=O) groups excluding carboxylic acids is 1. The van der Waals surface area contributed by atoms with E-state index in [0.29, 0.717) is 0 Å². The maximum Gasteiger partial charge on any atom is 0.233 e. The van der Waals surface area contributed by atoms with Gasteiger partial charge >= 0.3 is 0 Å². The fraction of sp³-hybridized carbons (Fsp3) is 0.222. The summed E-state index contributed by atoms with van der Waals surface area (Å²) in [6.07, 6.45) is 3.31. The molecule has 3 rings (SSSR count). The molecule has 2 atom stereocenters. The van der Waals surface area contributed by atoms with Crippen molar-refractivity contribution in [2.75, 3.05) is 0 Å². The van der Waals surface area contributed by atoms with E-state index in [1.807, 2.05) is 6.07 Å². The fourth-order valence-electron chi connectivity index (χ4n) is 1.86. The molecule has 3 N–H and O–H groups in total. The van der Waals surface area contributed by atoms with Crippen molar-refractivity contribution in [1.82, 2.24) is 10.3 Å². The average molecular weight is 220 g/mol. The monoisotopic (exact) mass is 220 g/mol. The van der Waals surface area contributed by atoms with Crippen molar-refractivity contribution < 1.29 is 4.79 Å². The lowest BCUT2D eigenvalue weighted by molar-refractivity contribution is -0.117. The number of carbonyl (C=O) groups is 1. The van der Waals surface area contributed by atoms with Crippen molar-refractivity contribution in [1.29, 1.82) is 0 Å². The highest BCUT2D eigenvalue weighted by Gasteiger charge is 2.40. The zero-order valence-electron chi connectivity index (χ0n) is 7.68. The van der Waals surface area contributed by atoms with Gasteiger partial charge in [-0.1, -0.05) is 11.8 Å². The third kappa shape index (κ3) is 1.14. The van der Waals surface area contributed by atoms with Gasteiger partial charge in [0, 0.05) is 11.8 Å². The summed E-state index contributed by atoms with van der Waals surface area (Å²) in [7, 11) is 0. The van der Waals surface area contributed by atoms with Crippen LogP contribution in [-0.2, 0) is 4.79 Å². The summed E-state index contributed by atoms with van der Waals surface area (Å²) in [5.41, 5.74) is 7.21. The number of hydrogen-bond acceptors (Lipinski definition) is 5. The van der Waals surface area contributed by atoms with E-state index in [1.165, 1.54) is 11.8 Å². The SMILES string of the molecule is NC(=O)C1Sc2nccc3c2C1NC=N3. The second-order valence-corrected chi connectivity index (χ2v) is 4.52. The molecule has 15 heavy (non-hydrogen) atoms. The Hall–Kier alpha value is -1.56. The van der Waals surface area contributed by atoms with Crippen molar-refractivity contribution in [3.8, 4) is 0 Å². The molecule has 1 amide bonds. The molecule has 2 aliphatic rings. The summed E-state index contributed by atoms with van der Waals surface area (Å²) in [6, 6.07) is 1.76. The molecule has 0 saturated carbocycles. The van der Waals surface area contributed by atoms with Crippen molar-refractivity contribution in [2.24, 2.45) is 10.7 Å². The Labute approximate surface area is 90.2 Å². The summed E-state index contributed by atoms with van der Waals surface area (Å²) in [5, 5.41) is 3.62. The van der Waals surface area contributed by atoms with Crippen LogP contribution in [0.1, 0.15) is 11.6 Å². The smallest absolute Gasteiger partial charge is 0.233 e. The minimum Gasteiger partial charge on any atom is -0.369 e. The topological polar surface area (TPSA) is 80.4 Å². The van der Waals surface area contributed by atoms with Crippen molar-refractivity contribution in [2.45, 2.75) is 16.3 Å². The number of rotatable bonds is 1. The minimum absolute atomic E-state index is 0.0799. The molecular weight excluding hydrogens is 212 g/mol. The van der Waals surface area contributed by atoms with Gasteiger partial charge in [-0.25, -0.2) is 9.98 Å². The third-order valence-corrected chi connectivity index (χ3v) is 3.83. The van der Waals surface area contributed by atoms with Crippen LogP contribution >= 0.6 is 11.8 Å². The van der Waals surface area contributed by atoms with Crippen molar-refractivity contribution in [3.05, 3.63) is 17.8 Å². The first-order valence-corrected chi connectivity index (χ1v) is 5.39. The third-order valence-electron chi connectivity index (χ3n) is 2.52. The molecule has 0 saturated heterocycles. The number of thioether (sulfide) groups is 1. The normalized spacial score (nSPS) is 25.9. The highest BCUT2D eigenvalue weighted by molar-refractivity contribution is 8.01. The fourth-order valence-corrected chi connectivity index (χ4v) is 3.05. The molecule has 1 aromatic heterocycles. The number of aliphatic imine (C=N–C) groups is 1. The number of aromatic nitrogens is 1. The molecule has 76 valence electrons. The lowest BCUT2D eigenvalue weighted by Crippen LogP contribution is -2.36. The average Bonchev–Trinajstić information content (AvgIpc) is 2.61. The van der Waals surface area contributed by atoms with E-state index in [1.54, 1.807) is 12.5 Å². The molecule has 0 fully saturated rings. The Balaban J connectivity index is 2.16. The van der Waals surface area contributed by atoms with Crippen LogP contribution in [0.2, 0.25) is 0 Å². The van der Waals surface area contributed by atoms with E-state index in [9.17, 15) is 4.79 Å². The van der Waals surface area contributed by atoms with Crippen LogP contribution in [0.4, 0.5) is 5.69 Å². The maximum absolute atomic E-state index is 11.3. The van der Waals surface area contributed by atoms with Crippen LogP contribution in [0.3, 0.4) is 0 Å². The number of amides is 1. The maximum atomic E-state index is 11.3. The van der Waals surface area contributed by atoms with Gasteiger partial charge in [-0.15, -0.1) is 0 Å². The number of nitrogens with zero attached hydrogens (tertiary/aromatic N) is 2. The molecule has 2 aliphatic heterocycles. The summed E-state index contributed by atoms with van der Waals surface area (Å²) >= 11 is 1.40. The molecule has 2 unspecified atom stereocenters. The zero-order chi connectivity index (χ0) is 10.4. The molecule has 0 aromatic carbocycles. The summed E-state index contributed by atoms with van der Waals surface area (Å²) in [4.78, 5) is 19.7. The highest BCUT2D eigenvalue weighted by atomic mass is 32.2. The molecule has 0 aliphatic carbocycles. The van der Waals surface area contributed by atoms with Crippen LogP contribution in [-0.4, -0.2) is 22.5 Å². The van der Waals surface area contributed by atoms with E-state index in [4.69, 9.17) is 5.73 Å². The lowest BCUT2D eigenvalue weighted by Gasteiger charge is -2.20. The number of pyridine rings is 1. The Kier molecular flexibility index (Phi) is 1.72. The van der Waals surface area contributed by atoms with Crippen molar-refractivity contribution in [3.63, 3.8) is 0 Å². The van der Waals surface area contributed by atoms with Crippen LogP contribution in [0.25, 0.3) is 0 Å². The second kappa shape index (κ2) is 2.96. The van der Waals surface area contributed by atoms with Crippen LogP contribution in [0.5, 0.6) is 0 Å². The molecule has 0 radical (unpaired) electrons. The van der Waals surface area contributed by atoms with Crippen LogP contribution in [0, 0.1) is 0 Å². The van der Waals surface area contributed by atoms with Gasteiger partial charge in [0.05, 0.1) is 18.1 Å².